The second-order valence-corrected chi connectivity index (χ2v) is 7.28. The molecule has 126 valence electrons. The van der Waals surface area contributed by atoms with Crippen LogP contribution in [-0.4, -0.2) is 27.7 Å². The first-order valence-corrected chi connectivity index (χ1v) is 9.16. The number of hydrogen-bond acceptors (Lipinski definition) is 5. The minimum Gasteiger partial charge on any atom is -0.379 e. The summed E-state index contributed by atoms with van der Waals surface area (Å²) >= 11 is 2.60. The van der Waals surface area contributed by atoms with Gasteiger partial charge in [-0.15, -0.1) is 0 Å². The third kappa shape index (κ3) is 8.51. The van der Waals surface area contributed by atoms with Gasteiger partial charge in [0.2, 0.25) is 5.91 Å². The number of aryl methyl sites for hydroxylation is 1. The smallest absolute Gasteiger partial charge is 0.217 e. The number of benzene rings is 1. The van der Waals surface area contributed by atoms with E-state index in [1.807, 2.05) is 24.3 Å². The van der Waals surface area contributed by atoms with E-state index in [2.05, 4.69) is 0 Å². The molecule has 8 N–H and O–H groups in total. The van der Waals surface area contributed by atoms with E-state index in [0.717, 1.165) is 17.7 Å². The molecule has 0 bridgehead atoms. The van der Waals surface area contributed by atoms with Crippen molar-refractivity contribution in [3.05, 3.63) is 35.4 Å². The van der Waals surface area contributed by atoms with Crippen LogP contribution in [0.2, 0.25) is 0 Å². The van der Waals surface area contributed by atoms with Crippen molar-refractivity contribution in [2.24, 2.45) is 17.2 Å². The molecule has 6 nitrogen and oxygen atoms in total. The van der Waals surface area contributed by atoms with Crippen molar-refractivity contribution in [2.75, 3.05) is 11.5 Å². The molecule has 1 aromatic rings. The highest BCUT2D eigenvalue weighted by molar-refractivity contribution is 8.13. The Morgan fingerprint density at radius 1 is 1.04 bits per heavy atom. The van der Waals surface area contributed by atoms with Crippen LogP contribution in [0.1, 0.15) is 29.9 Å². The van der Waals surface area contributed by atoms with Crippen molar-refractivity contribution in [1.29, 1.82) is 10.8 Å². The molecule has 0 aliphatic carbocycles. The van der Waals surface area contributed by atoms with E-state index in [-0.39, 0.29) is 22.2 Å². The van der Waals surface area contributed by atoms with E-state index in [0.29, 0.717) is 18.6 Å². The molecule has 0 aromatic heterocycles. The number of amides is 1. The molecule has 1 rings (SSSR count). The SMILES string of the molecule is N=C(N)SCCc1ccc([C@@H](CCC(N)=O)CSC(=N)N)cc1. The molecule has 1 amide bonds. The van der Waals surface area contributed by atoms with Gasteiger partial charge in [0.1, 0.15) is 0 Å². The molecule has 8 heteroatoms. The zero-order valence-electron chi connectivity index (χ0n) is 12.9. The van der Waals surface area contributed by atoms with Crippen molar-refractivity contribution < 1.29 is 4.79 Å². The fraction of sp³-hybridized carbons (Fsp3) is 0.400. The quantitative estimate of drug-likeness (QED) is 0.340. The number of thioether (sulfide) groups is 2. The average Bonchev–Trinajstić information content (AvgIpc) is 2.47. The molecule has 1 aromatic carbocycles. The summed E-state index contributed by atoms with van der Waals surface area (Å²) in [6, 6.07) is 8.18. The predicted octanol–water partition coefficient (Wildman–Crippen LogP) is 1.83. The molecule has 23 heavy (non-hydrogen) atoms. The van der Waals surface area contributed by atoms with Crippen LogP contribution in [0.25, 0.3) is 0 Å². The van der Waals surface area contributed by atoms with Gasteiger partial charge in [0.05, 0.1) is 0 Å². The van der Waals surface area contributed by atoms with Crippen LogP contribution in [0, 0.1) is 10.8 Å². The second-order valence-electron chi connectivity index (χ2n) is 5.08. The van der Waals surface area contributed by atoms with E-state index in [9.17, 15) is 4.79 Å². The Morgan fingerprint density at radius 2 is 1.65 bits per heavy atom. The number of amidine groups is 2. The van der Waals surface area contributed by atoms with Gasteiger partial charge in [0.25, 0.3) is 0 Å². The maximum absolute atomic E-state index is 11.0. The average molecular weight is 354 g/mol. The molecule has 0 fully saturated rings. The zero-order valence-corrected chi connectivity index (χ0v) is 14.5. The Labute approximate surface area is 145 Å². The summed E-state index contributed by atoms with van der Waals surface area (Å²) in [4.78, 5) is 11.0. The Morgan fingerprint density at radius 3 is 2.17 bits per heavy atom. The van der Waals surface area contributed by atoms with Crippen molar-refractivity contribution >= 4 is 39.8 Å². The summed E-state index contributed by atoms with van der Waals surface area (Å²) in [7, 11) is 0. The highest BCUT2D eigenvalue weighted by Crippen LogP contribution is 2.26. The van der Waals surface area contributed by atoms with Gasteiger partial charge < -0.3 is 17.2 Å². The topological polar surface area (TPSA) is 143 Å². The second kappa shape index (κ2) is 10.2. The number of nitrogens with two attached hydrogens (primary N) is 3. The van der Waals surface area contributed by atoms with E-state index in [4.69, 9.17) is 28.0 Å². The lowest BCUT2D eigenvalue weighted by Crippen LogP contribution is -2.15. The van der Waals surface area contributed by atoms with E-state index >= 15 is 0 Å². The molecule has 0 radical (unpaired) electrons. The van der Waals surface area contributed by atoms with Crippen LogP contribution in [0.5, 0.6) is 0 Å². The number of nitrogens with one attached hydrogen (secondary N) is 2. The van der Waals surface area contributed by atoms with Gasteiger partial charge in [0.15, 0.2) is 10.3 Å². The zero-order chi connectivity index (χ0) is 17.2. The van der Waals surface area contributed by atoms with Crippen LogP contribution >= 0.6 is 23.5 Å². The Kier molecular flexibility index (Phi) is 8.57. The Hall–Kier alpha value is -1.67. The normalized spacial score (nSPS) is 11.8. The van der Waals surface area contributed by atoms with Gasteiger partial charge in [-0.2, -0.15) is 0 Å². The minimum absolute atomic E-state index is 0.0759. The van der Waals surface area contributed by atoms with Gasteiger partial charge >= 0.3 is 0 Å². The van der Waals surface area contributed by atoms with Crippen molar-refractivity contribution in [3.8, 4) is 0 Å². The van der Waals surface area contributed by atoms with E-state index in [1.54, 1.807) is 0 Å². The van der Waals surface area contributed by atoms with Gasteiger partial charge in [-0.3, -0.25) is 15.6 Å². The monoisotopic (exact) mass is 353 g/mol. The minimum atomic E-state index is -0.319. The summed E-state index contributed by atoms with van der Waals surface area (Å²) in [5.41, 5.74) is 18.2. The lowest BCUT2D eigenvalue weighted by Gasteiger charge is -2.16. The number of carbonyl (C=O) groups is 1. The summed E-state index contributed by atoms with van der Waals surface area (Å²) < 4.78 is 0. The van der Waals surface area contributed by atoms with Gasteiger partial charge in [-0.05, 0) is 29.9 Å². The lowest BCUT2D eigenvalue weighted by molar-refractivity contribution is -0.118. The van der Waals surface area contributed by atoms with Crippen molar-refractivity contribution in [3.63, 3.8) is 0 Å². The summed E-state index contributed by atoms with van der Waals surface area (Å²) in [6.45, 7) is 0. The van der Waals surface area contributed by atoms with Crippen LogP contribution in [-0.2, 0) is 11.2 Å². The van der Waals surface area contributed by atoms with Gasteiger partial charge in [-0.25, -0.2) is 0 Å². The molecular weight excluding hydrogens is 330 g/mol. The fourth-order valence-electron chi connectivity index (χ4n) is 2.09. The molecule has 0 unspecified atom stereocenters. The maximum Gasteiger partial charge on any atom is 0.217 e. The molecule has 0 heterocycles. The molecule has 0 spiro atoms. The third-order valence-corrected chi connectivity index (χ3v) is 4.88. The highest BCUT2D eigenvalue weighted by Gasteiger charge is 2.14. The third-order valence-electron chi connectivity index (χ3n) is 3.28. The fourth-order valence-corrected chi connectivity index (χ4v) is 3.39. The number of primary amides is 1. The Bertz CT molecular complexity index is 529. The molecule has 1 atom stereocenters. The van der Waals surface area contributed by atoms with Crippen LogP contribution < -0.4 is 17.2 Å². The van der Waals surface area contributed by atoms with Crippen molar-refractivity contribution in [2.45, 2.75) is 25.2 Å². The van der Waals surface area contributed by atoms with Crippen molar-refractivity contribution in [1.82, 2.24) is 0 Å². The summed E-state index contributed by atoms with van der Waals surface area (Å²) in [5, 5.41) is 14.7. The van der Waals surface area contributed by atoms with E-state index < -0.39 is 0 Å². The standard InChI is InChI=1S/C15H23N5OS2/c16-13(21)6-5-12(9-23-15(19)20)11-3-1-10(2-4-11)7-8-22-14(17)18/h1-4,12H,5-9H2,(H2,16,21)(H3,17,18)(H3,19,20)/t12-/m0/s1. The largest absolute Gasteiger partial charge is 0.379 e. The molecule has 0 saturated carbocycles. The number of rotatable bonds is 9. The summed E-state index contributed by atoms with van der Waals surface area (Å²) in [5.74, 6) is 1.25. The summed E-state index contributed by atoms with van der Waals surface area (Å²) in [6.07, 6.45) is 1.81. The number of carbonyl (C=O) groups excluding carboxylic acids is 1. The first kappa shape index (κ1) is 19.4. The first-order chi connectivity index (χ1) is 10.9. The Balaban J connectivity index is 2.66. The number of hydrogen-bond donors (Lipinski definition) is 5. The van der Waals surface area contributed by atoms with E-state index in [1.165, 1.54) is 29.1 Å². The first-order valence-electron chi connectivity index (χ1n) is 7.19. The van der Waals surface area contributed by atoms with Crippen LogP contribution in [0.15, 0.2) is 24.3 Å². The highest BCUT2D eigenvalue weighted by atomic mass is 32.2. The molecular formula is C15H23N5OS2. The van der Waals surface area contributed by atoms with Crippen LogP contribution in [0.4, 0.5) is 0 Å². The van der Waals surface area contributed by atoms with Gasteiger partial charge in [0, 0.05) is 17.9 Å². The predicted molar refractivity (Wildman–Crippen MR) is 100 cm³/mol. The molecule has 0 saturated heterocycles. The van der Waals surface area contributed by atoms with Crippen LogP contribution in [0.3, 0.4) is 0 Å². The maximum atomic E-state index is 11.0. The molecule has 0 aliphatic rings. The van der Waals surface area contributed by atoms with Gasteiger partial charge in [-0.1, -0.05) is 47.8 Å². The lowest BCUT2D eigenvalue weighted by atomic mass is 9.94. The molecule has 0 aliphatic heterocycles.